The Morgan fingerprint density at radius 3 is 2.51 bits per heavy atom. The van der Waals surface area contributed by atoms with Gasteiger partial charge in [0.05, 0.1) is 15.6 Å². The number of benzene rings is 1. The topological polar surface area (TPSA) is 102 Å². The van der Waals surface area contributed by atoms with Gasteiger partial charge in [-0.25, -0.2) is 9.78 Å². The van der Waals surface area contributed by atoms with Gasteiger partial charge in [-0.2, -0.15) is 8.78 Å². The van der Waals surface area contributed by atoms with Gasteiger partial charge in [0.15, 0.2) is 5.69 Å². The maximum absolute atomic E-state index is 13.1. The average molecular weight is 601 g/mol. The number of hydrogen-bond acceptors (Lipinski definition) is 7. The molecular weight excluding hydrogens is 577 g/mol. The predicted molar refractivity (Wildman–Crippen MR) is 151 cm³/mol. The molecule has 2 fully saturated rings. The number of carbonyl (C=O) groups is 1. The lowest BCUT2D eigenvalue weighted by Crippen LogP contribution is -2.33. The summed E-state index contributed by atoms with van der Waals surface area (Å²) in [4.78, 5) is 21.7. The number of allylic oxidation sites excluding steroid dienone is 1. The predicted octanol–water partition coefficient (Wildman–Crippen LogP) is 7.70. The van der Waals surface area contributed by atoms with E-state index in [1.165, 1.54) is 12.4 Å². The minimum Gasteiger partial charge on any atom is -0.477 e. The number of aromatic nitrogens is 3. The molecule has 41 heavy (non-hydrogen) atoms. The zero-order valence-corrected chi connectivity index (χ0v) is 23.1. The van der Waals surface area contributed by atoms with E-state index in [2.05, 4.69) is 36.9 Å². The number of rotatable bonds is 8. The van der Waals surface area contributed by atoms with Crippen LogP contribution < -0.4 is 9.64 Å². The van der Waals surface area contributed by atoms with Gasteiger partial charge in [0.2, 0.25) is 0 Å². The van der Waals surface area contributed by atoms with Gasteiger partial charge in [0.25, 0.3) is 0 Å². The molecular formula is C29H24Cl2F2N4O4. The summed E-state index contributed by atoms with van der Waals surface area (Å²) < 4.78 is 36.5. The van der Waals surface area contributed by atoms with Gasteiger partial charge in [-0.05, 0) is 49.8 Å². The number of piperidine rings is 1. The van der Waals surface area contributed by atoms with Gasteiger partial charge in [-0.3, -0.25) is 4.98 Å². The molecule has 0 amide bonds. The molecule has 0 spiro atoms. The lowest BCUT2D eigenvalue weighted by atomic mass is 9.94. The Labute approximate surface area is 243 Å². The normalized spacial score (nSPS) is 16.3. The fourth-order valence-electron chi connectivity index (χ4n) is 5.19. The summed E-state index contributed by atoms with van der Waals surface area (Å²) in [6.07, 6.45) is 11.1. The fourth-order valence-corrected chi connectivity index (χ4v) is 5.74. The molecule has 8 nitrogen and oxygen atoms in total. The molecule has 1 saturated carbocycles. The Morgan fingerprint density at radius 2 is 1.85 bits per heavy atom. The number of hydrogen-bond donors (Lipinski definition) is 1. The number of carboxylic acid groups (broad SMARTS) is 1. The van der Waals surface area contributed by atoms with Gasteiger partial charge in [0.1, 0.15) is 17.2 Å². The highest BCUT2D eigenvalue weighted by Gasteiger charge is 2.33. The second kappa shape index (κ2) is 11.3. The molecule has 1 aliphatic heterocycles. The second-order valence-corrected chi connectivity index (χ2v) is 11.0. The number of alkyl halides is 2. The minimum atomic E-state index is -3.09. The van der Waals surface area contributed by atoms with E-state index in [-0.39, 0.29) is 17.0 Å². The molecule has 0 radical (unpaired) electrons. The van der Waals surface area contributed by atoms with Crippen molar-refractivity contribution in [3.8, 4) is 17.0 Å². The number of fused-ring (bicyclic) bond motifs is 1. The molecule has 0 atom stereocenters. The van der Waals surface area contributed by atoms with Crippen LogP contribution in [0.25, 0.3) is 28.2 Å². The third kappa shape index (κ3) is 5.71. The van der Waals surface area contributed by atoms with Crippen molar-refractivity contribution in [1.82, 2.24) is 15.1 Å². The van der Waals surface area contributed by atoms with Crippen molar-refractivity contribution in [3.05, 3.63) is 69.8 Å². The van der Waals surface area contributed by atoms with Crippen molar-refractivity contribution >= 4 is 51.8 Å². The highest BCUT2D eigenvalue weighted by atomic mass is 35.5. The fraction of sp³-hybridized carbons (Fsp3) is 0.310. The zero-order valence-electron chi connectivity index (χ0n) is 21.6. The molecule has 6 rings (SSSR count). The number of nitrogens with zero attached hydrogens (tertiary/aromatic N) is 4. The Hall–Kier alpha value is -3.76. The number of ether oxygens (including phenoxy) is 1. The maximum Gasteiger partial charge on any atom is 0.387 e. The zero-order chi connectivity index (χ0) is 28.7. The van der Waals surface area contributed by atoms with Crippen LogP contribution in [0.4, 0.5) is 14.5 Å². The Balaban J connectivity index is 1.21. The molecule has 0 unspecified atom stereocenters. The summed E-state index contributed by atoms with van der Waals surface area (Å²) in [5.41, 5.74) is 2.83. The van der Waals surface area contributed by atoms with Crippen molar-refractivity contribution in [2.45, 2.75) is 38.2 Å². The molecule has 1 N–H and O–H groups in total. The molecule has 4 aromatic rings. The van der Waals surface area contributed by atoms with Crippen LogP contribution >= 0.6 is 23.2 Å². The molecule has 12 heteroatoms. The average Bonchev–Trinajstić information content (AvgIpc) is 3.71. The minimum absolute atomic E-state index is 0.215. The van der Waals surface area contributed by atoms with Gasteiger partial charge in [0, 0.05) is 59.7 Å². The van der Waals surface area contributed by atoms with Crippen molar-refractivity contribution < 1.29 is 27.9 Å². The molecule has 1 aliphatic carbocycles. The standard InChI is InChI=1S/C29H24Cl2F2N4O4/c30-20-13-34-14-21(31)25(20)26-18(27(41-36-26)16-2-3-16)5-1-15-7-9-37(10-8-15)17-4-6-22-19(11-17)24(40-29(32)33)12-23(35-22)28(38)39/h1,4-6,11-16,29H,2-3,7-10H2,(H,38,39)/b5-1+. The molecule has 1 aromatic carbocycles. The molecule has 2 aliphatic rings. The van der Waals surface area contributed by atoms with Crippen LogP contribution in [0.3, 0.4) is 0 Å². The largest absolute Gasteiger partial charge is 0.477 e. The van der Waals surface area contributed by atoms with E-state index in [4.69, 9.17) is 27.7 Å². The maximum atomic E-state index is 13.1. The van der Waals surface area contributed by atoms with Crippen LogP contribution in [0.15, 0.2) is 47.3 Å². The highest BCUT2D eigenvalue weighted by molar-refractivity contribution is 6.39. The van der Waals surface area contributed by atoms with E-state index in [0.717, 1.165) is 61.9 Å². The van der Waals surface area contributed by atoms with Crippen molar-refractivity contribution in [3.63, 3.8) is 0 Å². The number of carboxylic acids is 1. The van der Waals surface area contributed by atoms with E-state index < -0.39 is 12.6 Å². The Bertz CT molecular complexity index is 1630. The first-order valence-corrected chi connectivity index (χ1v) is 13.9. The first kappa shape index (κ1) is 27.4. The summed E-state index contributed by atoms with van der Waals surface area (Å²) in [6, 6.07) is 6.19. The van der Waals surface area contributed by atoms with Crippen LogP contribution in [0.2, 0.25) is 10.0 Å². The van der Waals surface area contributed by atoms with Crippen molar-refractivity contribution in [1.29, 1.82) is 0 Å². The van der Waals surface area contributed by atoms with Gasteiger partial charge < -0.3 is 19.3 Å². The lowest BCUT2D eigenvalue weighted by Gasteiger charge is -2.32. The quantitative estimate of drug-likeness (QED) is 0.219. The molecule has 3 aromatic heterocycles. The number of pyridine rings is 2. The van der Waals surface area contributed by atoms with Crippen molar-refractivity contribution in [2.24, 2.45) is 5.92 Å². The second-order valence-electron chi connectivity index (χ2n) is 10.1. The third-order valence-corrected chi connectivity index (χ3v) is 8.00. The van der Waals surface area contributed by atoms with Crippen LogP contribution in [-0.4, -0.2) is 45.9 Å². The highest BCUT2D eigenvalue weighted by Crippen LogP contribution is 2.46. The summed E-state index contributed by atoms with van der Waals surface area (Å²) in [6.45, 7) is -1.62. The van der Waals surface area contributed by atoms with E-state index in [1.54, 1.807) is 12.1 Å². The summed E-state index contributed by atoms with van der Waals surface area (Å²) >= 11 is 12.8. The first-order chi connectivity index (χ1) is 19.8. The van der Waals surface area contributed by atoms with E-state index in [1.807, 2.05) is 6.07 Å². The monoisotopic (exact) mass is 600 g/mol. The van der Waals surface area contributed by atoms with E-state index in [9.17, 15) is 18.7 Å². The van der Waals surface area contributed by atoms with Gasteiger partial charge in [-0.15, -0.1) is 0 Å². The van der Waals surface area contributed by atoms with E-state index in [0.29, 0.717) is 38.5 Å². The smallest absolute Gasteiger partial charge is 0.387 e. The third-order valence-electron chi connectivity index (χ3n) is 7.42. The Kier molecular flexibility index (Phi) is 7.52. The summed E-state index contributed by atoms with van der Waals surface area (Å²) in [5, 5.41) is 14.8. The van der Waals surface area contributed by atoms with Crippen molar-refractivity contribution in [2.75, 3.05) is 18.0 Å². The Morgan fingerprint density at radius 1 is 1.12 bits per heavy atom. The summed E-state index contributed by atoms with van der Waals surface area (Å²) in [5.74, 6) is -0.0602. The van der Waals surface area contributed by atoms with Crippen LogP contribution in [0.1, 0.15) is 53.4 Å². The van der Waals surface area contributed by atoms with Crippen LogP contribution in [-0.2, 0) is 0 Å². The number of anilines is 1. The van der Waals surface area contributed by atoms with Gasteiger partial charge in [-0.1, -0.05) is 40.5 Å². The molecule has 1 saturated heterocycles. The van der Waals surface area contributed by atoms with Crippen LogP contribution in [0, 0.1) is 5.92 Å². The molecule has 0 bridgehead atoms. The number of aromatic carboxylic acids is 1. The summed E-state index contributed by atoms with van der Waals surface area (Å²) in [7, 11) is 0. The molecule has 4 heterocycles. The number of halogens is 4. The lowest BCUT2D eigenvalue weighted by molar-refractivity contribution is -0.0489. The van der Waals surface area contributed by atoms with E-state index >= 15 is 0 Å². The molecule has 212 valence electrons. The van der Waals surface area contributed by atoms with Gasteiger partial charge >= 0.3 is 12.6 Å². The first-order valence-electron chi connectivity index (χ1n) is 13.1. The SMILES string of the molecule is O=C(O)c1cc(OC(F)F)c2cc(N3CCC(/C=C/c4c(-c5c(Cl)cncc5Cl)noc4C4CC4)CC3)ccc2n1. The van der Waals surface area contributed by atoms with Crippen LogP contribution in [0.5, 0.6) is 5.75 Å².